The first-order valence-corrected chi connectivity index (χ1v) is 7.51. The molecule has 2 aromatic rings. The van der Waals surface area contributed by atoms with Gasteiger partial charge in [0.25, 0.3) is 0 Å². The molecule has 2 bridgehead atoms. The zero-order chi connectivity index (χ0) is 12.1. The minimum atomic E-state index is 0.604. The fourth-order valence-electron chi connectivity index (χ4n) is 3.52. The van der Waals surface area contributed by atoms with Crippen LogP contribution in [0, 0.1) is 5.92 Å². The predicted molar refractivity (Wildman–Crippen MR) is 75.8 cm³/mol. The molecule has 1 aromatic heterocycles. The van der Waals surface area contributed by atoms with E-state index in [1.54, 1.807) is 0 Å². The molecule has 5 rings (SSSR count). The highest BCUT2D eigenvalue weighted by molar-refractivity contribution is 9.10. The molecule has 0 radical (unpaired) electrons. The van der Waals surface area contributed by atoms with Crippen molar-refractivity contribution in [3.63, 3.8) is 0 Å². The van der Waals surface area contributed by atoms with Crippen LogP contribution in [0.4, 0.5) is 0 Å². The van der Waals surface area contributed by atoms with E-state index in [-0.39, 0.29) is 0 Å². The summed E-state index contributed by atoms with van der Waals surface area (Å²) in [6.45, 7) is 3.75. The van der Waals surface area contributed by atoms with Gasteiger partial charge in [-0.05, 0) is 59.9 Å². The summed E-state index contributed by atoms with van der Waals surface area (Å²) in [5, 5.41) is 1.22. The molecule has 3 heteroatoms. The number of para-hydroxylation sites is 1. The van der Waals surface area contributed by atoms with Gasteiger partial charge < -0.3 is 9.32 Å². The molecule has 0 amide bonds. The Hall–Kier alpha value is -0.800. The average molecular weight is 306 g/mol. The highest BCUT2D eigenvalue weighted by Gasteiger charge is 2.36. The van der Waals surface area contributed by atoms with Gasteiger partial charge in [0.2, 0.25) is 0 Å². The van der Waals surface area contributed by atoms with E-state index >= 15 is 0 Å². The van der Waals surface area contributed by atoms with E-state index in [0.717, 1.165) is 16.0 Å². The Morgan fingerprint density at radius 2 is 2.06 bits per heavy atom. The molecular weight excluding hydrogens is 290 g/mol. The summed E-state index contributed by atoms with van der Waals surface area (Å²) < 4.78 is 7.18. The van der Waals surface area contributed by atoms with Crippen molar-refractivity contribution in [1.82, 2.24) is 4.90 Å². The third-order valence-corrected chi connectivity index (χ3v) is 5.16. The summed E-state index contributed by atoms with van der Waals surface area (Å²) in [5.41, 5.74) is 1.00. The van der Waals surface area contributed by atoms with Crippen molar-refractivity contribution in [2.45, 2.75) is 18.8 Å². The fourth-order valence-corrected chi connectivity index (χ4v) is 3.98. The fraction of sp³-hybridized carbons (Fsp3) is 0.467. The zero-order valence-electron chi connectivity index (χ0n) is 10.2. The third-order valence-electron chi connectivity index (χ3n) is 4.54. The largest absolute Gasteiger partial charge is 0.460 e. The maximum Gasteiger partial charge on any atom is 0.148 e. The molecule has 0 spiro atoms. The van der Waals surface area contributed by atoms with Crippen molar-refractivity contribution in [3.05, 3.63) is 34.5 Å². The first kappa shape index (κ1) is 11.1. The molecule has 3 aliphatic rings. The highest BCUT2D eigenvalue weighted by Crippen LogP contribution is 2.41. The Morgan fingerprint density at radius 1 is 1.22 bits per heavy atom. The lowest BCUT2D eigenvalue weighted by molar-refractivity contribution is 0.0787. The number of furan rings is 1. The molecule has 94 valence electrons. The van der Waals surface area contributed by atoms with Crippen LogP contribution in [-0.2, 0) is 0 Å². The second kappa shape index (κ2) is 4.10. The van der Waals surface area contributed by atoms with Gasteiger partial charge in [0.15, 0.2) is 0 Å². The van der Waals surface area contributed by atoms with Crippen LogP contribution in [-0.4, -0.2) is 24.5 Å². The number of hydrogen-bond acceptors (Lipinski definition) is 2. The summed E-state index contributed by atoms with van der Waals surface area (Å²) in [5.74, 6) is 2.62. The van der Waals surface area contributed by atoms with Crippen LogP contribution in [0.2, 0.25) is 0 Å². The van der Waals surface area contributed by atoms with Crippen molar-refractivity contribution in [2.24, 2.45) is 5.92 Å². The minimum absolute atomic E-state index is 0.604. The SMILES string of the molecule is Brc1cccc2cc(C3CN4CCC3CC4)oc12. The number of halogens is 1. The molecule has 1 aromatic carbocycles. The van der Waals surface area contributed by atoms with Crippen molar-refractivity contribution >= 4 is 26.9 Å². The molecule has 2 nitrogen and oxygen atoms in total. The van der Waals surface area contributed by atoms with Crippen LogP contribution in [0.25, 0.3) is 11.0 Å². The van der Waals surface area contributed by atoms with Crippen LogP contribution < -0.4 is 0 Å². The van der Waals surface area contributed by atoms with Crippen molar-refractivity contribution < 1.29 is 4.42 Å². The van der Waals surface area contributed by atoms with Crippen molar-refractivity contribution in [2.75, 3.05) is 19.6 Å². The summed E-state index contributed by atoms with van der Waals surface area (Å²) in [6, 6.07) is 8.50. The Labute approximate surface area is 115 Å². The van der Waals surface area contributed by atoms with Gasteiger partial charge in [0.1, 0.15) is 11.3 Å². The first-order chi connectivity index (χ1) is 8.81. The quantitative estimate of drug-likeness (QED) is 0.791. The lowest BCUT2D eigenvalue weighted by Crippen LogP contribution is -2.46. The normalized spacial score (nSPS) is 31.1. The second-order valence-corrected chi connectivity index (χ2v) is 6.41. The number of fused-ring (bicyclic) bond motifs is 4. The minimum Gasteiger partial charge on any atom is -0.460 e. The lowest BCUT2D eigenvalue weighted by atomic mass is 9.78. The number of rotatable bonds is 1. The molecule has 0 N–H and O–H groups in total. The Kier molecular flexibility index (Phi) is 2.52. The monoisotopic (exact) mass is 305 g/mol. The van der Waals surface area contributed by atoms with E-state index in [9.17, 15) is 0 Å². The topological polar surface area (TPSA) is 16.4 Å². The molecule has 3 aliphatic heterocycles. The van der Waals surface area contributed by atoms with Gasteiger partial charge in [0, 0.05) is 17.8 Å². The van der Waals surface area contributed by atoms with Gasteiger partial charge in [-0.2, -0.15) is 0 Å². The second-order valence-electron chi connectivity index (χ2n) is 5.55. The first-order valence-electron chi connectivity index (χ1n) is 6.71. The maximum absolute atomic E-state index is 6.12. The molecule has 1 atom stereocenters. The van der Waals surface area contributed by atoms with Crippen LogP contribution in [0.1, 0.15) is 24.5 Å². The van der Waals surface area contributed by atoms with Crippen LogP contribution in [0.5, 0.6) is 0 Å². The van der Waals surface area contributed by atoms with E-state index in [0.29, 0.717) is 5.92 Å². The Bertz CT molecular complexity index is 583. The Morgan fingerprint density at radius 3 is 2.72 bits per heavy atom. The van der Waals surface area contributed by atoms with Crippen molar-refractivity contribution in [1.29, 1.82) is 0 Å². The summed E-state index contributed by atoms with van der Waals surface area (Å²) in [6.07, 6.45) is 2.67. The zero-order valence-corrected chi connectivity index (χ0v) is 11.8. The molecule has 3 saturated heterocycles. The van der Waals surface area contributed by atoms with E-state index in [2.05, 4.69) is 39.0 Å². The van der Waals surface area contributed by atoms with Gasteiger partial charge in [-0.25, -0.2) is 0 Å². The predicted octanol–water partition coefficient (Wildman–Crippen LogP) is 4.00. The maximum atomic E-state index is 6.12. The number of nitrogens with zero attached hydrogens (tertiary/aromatic N) is 1. The lowest BCUT2D eigenvalue weighted by Gasteiger charge is -2.43. The van der Waals surface area contributed by atoms with E-state index in [1.807, 2.05) is 6.07 Å². The number of piperidine rings is 3. The van der Waals surface area contributed by atoms with Crippen LogP contribution >= 0.6 is 15.9 Å². The molecule has 3 fully saturated rings. The van der Waals surface area contributed by atoms with Crippen LogP contribution in [0.15, 0.2) is 33.2 Å². The molecule has 0 saturated carbocycles. The molecule has 18 heavy (non-hydrogen) atoms. The van der Waals surface area contributed by atoms with E-state index in [1.165, 1.54) is 43.6 Å². The van der Waals surface area contributed by atoms with Crippen LogP contribution in [0.3, 0.4) is 0 Å². The molecular formula is C15H16BrNO. The summed E-state index contributed by atoms with van der Waals surface area (Å²) in [4.78, 5) is 2.58. The van der Waals surface area contributed by atoms with Gasteiger partial charge >= 0.3 is 0 Å². The third kappa shape index (κ3) is 1.64. The highest BCUT2D eigenvalue weighted by atomic mass is 79.9. The standard InChI is InChI=1S/C15H16BrNO/c16-13-3-1-2-11-8-14(18-15(11)13)12-9-17-6-4-10(12)5-7-17/h1-3,8,10,12H,4-7,9H2. The molecule has 4 heterocycles. The Balaban J connectivity index is 1.76. The molecule has 1 unspecified atom stereocenters. The summed E-state index contributed by atoms with van der Waals surface area (Å²) >= 11 is 3.57. The van der Waals surface area contributed by atoms with Gasteiger partial charge in [-0.15, -0.1) is 0 Å². The number of hydrogen-bond donors (Lipinski definition) is 0. The average Bonchev–Trinajstić information content (AvgIpc) is 2.85. The van der Waals surface area contributed by atoms with E-state index < -0.39 is 0 Å². The van der Waals surface area contributed by atoms with E-state index in [4.69, 9.17) is 4.42 Å². The smallest absolute Gasteiger partial charge is 0.148 e. The van der Waals surface area contributed by atoms with Gasteiger partial charge in [-0.3, -0.25) is 0 Å². The summed E-state index contributed by atoms with van der Waals surface area (Å²) in [7, 11) is 0. The number of benzene rings is 1. The van der Waals surface area contributed by atoms with Crippen molar-refractivity contribution in [3.8, 4) is 0 Å². The van der Waals surface area contributed by atoms with Gasteiger partial charge in [0.05, 0.1) is 4.47 Å². The molecule has 0 aliphatic carbocycles. The van der Waals surface area contributed by atoms with Gasteiger partial charge in [-0.1, -0.05) is 12.1 Å².